The largest absolute Gasteiger partial charge is 0.330 e. The van der Waals surface area contributed by atoms with Gasteiger partial charge in [0.1, 0.15) is 11.6 Å². The molecule has 0 bridgehead atoms. The minimum atomic E-state index is -0.431. The number of carbonyl (C=O) groups excluding carboxylic acids is 1. The molecule has 1 aliphatic heterocycles. The molecule has 2 atom stereocenters. The Labute approximate surface area is 155 Å². The second-order valence-electron chi connectivity index (χ2n) is 6.86. The SMILES string of the molecule is Cc1cccc(F)c1N1Cc2cnc(Cl)nc2N(C2CCC(N)C2)C1=O. The molecular formula is C18H19ClFN5O. The van der Waals surface area contributed by atoms with Crippen molar-refractivity contribution in [3.8, 4) is 0 Å². The van der Waals surface area contributed by atoms with Crippen molar-refractivity contribution >= 4 is 29.1 Å². The van der Waals surface area contributed by atoms with Crippen LogP contribution in [-0.2, 0) is 6.54 Å². The molecule has 1 saturated carbocycles. The number of halogens is 2. The van der Waals surface area contributed by atoms with E-state index in [1.54, 1.807) is 30.2 Å². The van der Waals surface area contributed by atoms with Gasteiger partial charge in [-0.25, -0.2) is 14.2 Å². The van der Waals surface area contributed by atoms with Crippen molar-refractivity contribution in [2.24, 2.45) is 5.73 Å². The van der Waals surface area contributed by atoms with Crippen LogP contribution >= 0.6 is 11.6 Å². The van der Waals surface area contributed by atoms with E-state index in [-0.39, 0.29) is 35.6 Å². The first-order valence-corrected chi connectivity index (χ1v) is 8.96. The Morgan fingerprint density at radius 3 is 2.85 bits per heavy atom. The monoisotopic (exact) mass is 375 g/mol. The van der Waals surface area contributed by atoms with Gasteiger partial charge in [0, 0.05) is 23.8 Å². The molecule has 2 unspecified atom stereocenters. The maximum Gasteiger partial charge on any atom is 0.330 e. The Morgan fingerprint density at radius 2 is 2.15 bits per heavy atom. The van der Waals surface area contributed by atoms with Gasteiger partial charge in [0.2, 0.25) is 5.28 Å². The highest BCUT2D eigenvalue weighted by atomic mass is 35.5. The van der Waals surface area contributed by atoms with Crippen LogP contribution in [0.5, 0.6) is 0 Å². The zero-order valence-corrected chi connectivity index (χ0v) is 15.1. The van der Waals surface area contributed by atoms with Gasteiger partial charge in [0.25, 0.3) is 0 Å². The van der Waals surface area contributed by atoms with E-state index in [9.17, 15) is 9.18 Å². The summed E-state index contributed by atoms with van der Waals surface area (Å²) in [6.07, 6.45) is 3.89. The summed E-state index contributed by atoms with van der Waals surface area (Å²) in [5, 5.41) is 0.0827. The smallest absolute Gasteiger partial charge is 0.328 e. The summed E-state index contributed by atoms with van der Waals surface area (Å²) in [5.74, 6) is 0.0686. The highest BCUT2D eigenvalue weighted by Gasteiger charge is 2.40. The molecule has 2 heterocycles. The van der Waals surface area contributed by atoms with Gasteiger partial charge in [0.05, 0.1) is 12.2 Å². The standard InChI is InChI=1S/C18H19ClFN5O/c1-10-3-2-4-14(20)15(10)24-9-11-8-22-17(19)23-16(11)25(18(24)26)13-6-5-12(21)7-13/h2-4,8,12-13H,5-7,9,21H2,1H3. The predicted octanol–water partition coefficient (Wildman–Crippen LogP) is 3.40. The number of anilines is 2. The molecule has 2 aliphatic rings. The second-order valence-corrected chi connectivity index (χ2v) is 7.20. The van der Waals surface area contributed by atoms with Crippen LogP contribution in [0.15, 0.2) is 24.4 Å². The minimum absolute atomic E-state index is 0.0409. The zero-order valence-electron chi connectivity index (χ0n) is 14.3. The summed E-state index contributed by atoms with van der Waals surface area (Å²) in [6, 6.07) is 4.43. The number of amides is 2. The van der Waals surface area contributed by atoms with Crippen molar-refractivity contribution in [1.82, 2.24) is 9.97 Å². The van der Waals surface area contributed by atoms with Gasteiger partial charge in [0.15, 0.2) is 0 Å². The van der Waals surface area contributed by atoms with Gasteiger partial charge >= 0.3 is 6.03 Å². The first-order valence-electron chi connectivity index (χ1n) is 8.58. The third-order valence-corrected chi connectivity index (χ3v) is 5.26. The van der Waals surface area contributed by atoms with Crippen molar-refractivity contribution in [3.05, 3.63) is 46.6 Å². The summed E-state index contributed by atoms with van der Waals surface area (Å²) in [6.45, 7) is 1.98. The van der Waals surface area contributed by atoms with E-state index < -0.39 is 5.82 Å². The van der Waals surface area contributed by atoms with Crippen molar-refractivity contribution < 1.29 is 9.18 Å². The number of aryl methyl sites for hydroxylation is 1. The van der Waals surface area contributed by atoms with Gasteiger partial charge in [-0.2, -0.15) is 4.98 Å². The first kappa shape index (κ1) is 17.2. The van der Waals surface area contributed by atoms with Crippen molar-refractivity contribution in [1.29, 1.82) is 0 Å². The van der Waals surface area contributed by atoms with E-state index in [4.69, 9.17) is 17.3 Å². The molecule has 1 aromatic carbocycles. The molecule has 2 amide bonds. The maximum absolute atomic E-state index is 14.5. The van der Waals surface area contributed by atoms with Crippen LogP contribution in [0, 0.1) is 12.7 Å². The Balaban J connectivity index is 1.83. The molecule has 8 heteroatoms. The molecule has 2 aromatic rings. The number of hydrogen-bond acceptors (Lipinski definition) is 4. The van der Waals surface area contributed by atoms with E-state index in [1.807, 2.05) is 0 Å². The molecule has 2 N–H and O–H groups in total. The number of hydrogen-bond donors (Lipinski definition) is 1. The fraction of sp³-hybridized carbons (Fsp3) is 0.389. The van der Waals surface area contributed by atoms with Gasteiger partial charge in [-0.3, -0.25) is 9.80 Å². The van der Waals surface area contributed by atoms with Crippen molar-refractivity contribution in [2.45, 2.75) is 44.8 Å². The predicted molar refractivity (Wildman–Crippen MR) is 97.9 cm³/mol. The number of fused-ring (bicyclic) bond motifs is 1. The molecule has 0 radical (unpaired) electrons. The average molecular weight is 376 g/mol. The Morgan fingerprint density at radius 1 is 1.35 bits per heavy atom. The summed E-state index contributed by atoms with van der Waals surface area (Å²) >= 11 is 5.97. The maximum atomic E-state index is 14.5. The highest BCUT2D eigenvalue weighted by molar-refractivity contribution is 6.28. The lowest BCUT2D eigenvalue weighted by molar-refractivity contribution is 0.247. The molecule has 26 heavy (non-hydrogen) atoms. The van der Waals surface area contributed by atoms with Gasteiger partial charge < -0.3 is 5.73 Å². The zero-order chi connectivity index (χ0) is 18.4. The number of carbonyl (C=O) groups is 1. The Bertz CT molecular complexity index is 856. The van der Waals surface area contributed by atoms with Gasteiger partial charge in [-0.15, -0.1) is 0 Å². The number of nitrogens with two attached hydrogens (primary N) is 1. The molecule has 1 fully saturated rings. The lowest BCUT2D eigenvalue weighted by Crippen LogP contribution is -2.52. The van der Waals surface area contributed by atoms with Crippen molar-refractivity contribution in [3.63, 3.8) is 0 Å². The summed E-state index contributed by atoms with van der Waals surface area (Å²) < 4.78 is 14.5. The van der Waals surface area contributed by atoms with Crippen LogP contribution in [0.2, 0.25) is 5.28 Å². The number of nitrogens with zero attached hydrogens (tertiary/aromatic N) is 4. The Kier molecular flexibility index (Phi) is 4.28. The molecule has 1 aliphatic carbocycles. The molecule has 0 spiro atoms. The quantitative estimate of drug-likeness (QED) is 0.816. The molecule has 0 saturated heterocycles. The number of rotatable bonds is 2. The third-order valence-electron chi connectivity index (χ3n) is 5.08. The summed E-state index contributed by atoms with van der Waals surface area (Å²) in [4.78, 5) is 24.7. The molecule has 4 rings (SSSR count). The number of benzene rings is 1. The molecule has 1 aromatic heterocycles. The number of aromatic nitrogens is 2. The van der Waals surface area contributed by atoms with Crippen LogP contribution in [-0.4, -0.2) is 28.1 Å². The normalized spacial score (nSPS) is 22.7. The second kappa shape index (κ2) is 6.48. The summed E-state index contributed by atoms with van der Waals surface area (Å²) in [5.41, 5.74) is 7.76. The van der Waals surface area contributed by atoms with E-state index in [0.717, 1.165) is 18.4 Å². The first-order chi connectivity index (χ1) is 12.5. The molecule has 6 nitrogen and oxygen atoms in total. The van der Waals surface area contributed by atoms with E-state index in [1.165, 1.54) is 11.0 Å². The van der Waals surface area contributed by atoms with Crippen LogP contribution in [0.25, 0.3) is 0 Å². The van der Waals surface area contributed by atoms with Crippen molar-refractivity contribution in [2.75, 3.05) is 9.80 Å². The average Bonchev–Trinajstić information content (AvgIpc) is 3.01. The lowest BCUT2D eigenvalue weighted by atomic mass is 10.1. The highest BCUT2D eigenvalue weighted by Crippen LogP contribution is 2.37. The molecule has 136 valence electrons. The topological polar surface area (TPSA) is 75.3 Å². The van der Waals surface area contributed by atoms with Crippen LogP contribution in [0.3, 0.4) is 0 Å². The third kappa shape index (κ3) is 2.81. The van der Waals surface area contributed by atoms with Crippen LogP contribution < -0.4 is 15.5 Å². The number of para-hydroxylation sites is 1. The van der Waals surface area contributed by atoms with Gasteiger partial charge in [-0.05, 0) is 49.4 Å². The minimum Gasteiger partial charge on any atom is -0.328 e. The lowest BCUT2D eigenvalue weighted by Gasteiger charge is -2.39. The summed E-state index contributed by atoms with van der Waals surface area (Å²) in [7, 11) is 0. The van der Waals surface area contributed by atoms with E-state index in [0.29, 0.717) is 17.8 Å². The fourth-order valence-corrected chi connectivity index (χ4v) is 3.98. The fourth-order valence-electron chi connectivity index (χ4n) is 3.85. The Hall–Kier alpha value is -2.25. The molecular weight excluding hydrogens is 357 g/mol. The van der Waals surface area contributed by atoms with Gasteiger partial charge in [-0.1, -0.05) is 12.1 Å². The number of urea groups is 1. The van der Waals surface area contributed by atoms with E-state index in [2.05, 4.69) is 9.97 Å². The van der Waals surface area contributed by atoms with Crippen LogP contribution in [0.4, 0.5) is 20.7 Å². The van der Waals surface area contributed by atoms with E-state index >= 15 is 0 Å². The van der Waals surface area contributed by atoms with Crippen LogP contribution in [0.1, 0.15) is 30.4 Å².